The van der Waals surface area contributed by atoms with Crippen molar-refractivity contribution in [2.45, 2.75) is 31.9 Å². The molecule has 0 spiro atoms. The standard InChI is InChI=1S/C20H22N2O3/c1-3-16(14-9-5-4-6-10-14)21-20(23)19-13-17(22-25-19)15-11-7-8-12-18(15)24-2/h4-12,16,19H,3,13H2,1-2H3,(H,21,23)/t16-,19-/m0/s1. The first-order valence-electron chi connectivity index (χ1n) is 8.44. The van der Waals surface area contributed by atoms with Gasteiger partial charge in [-0.25, -0.2) is 0 Å². The lowest BCUT2D eigenvalue weighted by Gasteiger charge is -2.19. The van der Waals surface area contributed by atoms with Crippen molar-refractivity contribution in [3.63, 3.8) is 0 Å². The van der Waals surface area contributed by atoms with Crippen molar-refractivity contribution in [2.24, 2.45) is 5.16 Å². The zero-order valence-corrected chi connectivity index (χ0v) is 14.4. The Morgan fingerprint density at radius 1 is 1.24 bits per heavy atom. The van der Waals surface area contributed by atoms with Crippen molar-refractivity contribution in [1.29, 1.82) is 0 Å². The number of hydrogen-bond acceptors (Lipinski definition) is 4. The maximum atomic E-state index is 12.6. The van der Waals surface area contributed by atoms with Gasteiger partial charge in [-0.3, -0.25) is 4.79 Å². The third-order valence-electron chi connectivity index (χ3n) is 4.31. The van der Waals surface area contributed by atoms with Gasteiger partial charge in [-0.15, -0.1) is 0 Å². The molecule has 0 aliphatic carbocycles. The number of para-hydroxylation sites is 1. The van der Waals surface area contributed by atoms with Gasteiger partial charge >= 0.3 is 0 Å². The summed E-state index contributed by atoms with van der Waals surface area (Å²) in [4.78, 5) is 18.0. The molecule has 0 fully saturated rings. The second-order valence-electron chi connectivity index (χ2n) is 5.92. The Bertz CT molecular complexity index is 759. The Morgan fingerprint density at radius 3 is 2.68 bits per heavy atom. The third kappa shape index (κ3) is 3.82. The van der Waals surface area contributed by atoms with E-state index in [0.29, 0.717) is 6.42 Å². The van der Waals surface area contributed by atoms with Crippen LogP contribution in [0.2, 0.25) is 0 Å². The minimum absolute atomic E-state index is 0.0346. The second kappa shape index (κ2) is 7.83. The van der Waals surface area contributed by atoms with Crippen LogP contribution in [0, 0.1) is 0 Å². The smallest absolute Gasteiger partial charge is 0.264 e. The van der Waals surface area contributed by atoms with Crippen molar-refractivity contribution in [2.75, 3.05) is 7.11 Å². The van der Waals surface area contributed by atoms with Crippen LogP contribution in [0.1, 0.15) is 36.9 Å². The molecular weight excluding hydrogens is 316 g/mol. The average molecular weight is 338 g/mol. The normalized spacial score (nSPS) is 17.4. The Morgan fingerprint density at radius 2 is 1.96 bits per heavy atom. The fourth-order valence-corrected chi connectivity index (χ4v) is 2.93. The monoisotopic (exact) mass is 338 g/mol. The van der Waals surface area contributed by atoms with Gasteiger partial charge in [0.2, 0.25) is 6.10 Å². The average Bonchev–Trinajstić information content (AvgIpc) is 3.16. The molecule has 5 heteroatoms. The van der Waals surface area contributed by atoms with Crippen molar-refractivity contribution in [3.05, 3.63) is 65.7 Å². The summed E-state index contributed by atoms with van der Waals surface area (Å²) in [5, 5.41) is 7.16. The molecule has 1 heterocycles. The van der Waals surface area contributed by atoms with E-state index in [2.05, 4.69) is 10.5 Å². The van der Waals surface area contributed by atoms with Gasteiger partial charge in [0.15, 0.2) is 0 Å². The van der Waals surface area contributed by atoms with E-state index in [1.165, 1.54) is 0 Å². The maximum Gasteiger partial charge on any atom is 0.264 e. The summed E-state index contributed by atoms with van der Waals surface area (Å²) in [6, 6.07) is 17.5. The Kier molecular flexibility index (Phi) is 5.33. The number of amides is 1. The van der Waals surface area contributed by atoms with Crippen molar-refractivity contribution < 1.29 is 14.4 Å². The molecule has 130 valence electrons. The minimum Gasteiger partial charge on any atom is -0.496 e. The number of methoxy groups -OCH3 is 1. The quantitative estimate of drug-likeness (QED) is 0.877. The lowest BCUT2D eigenvalue weighted by molar-refractivity contribution is -0.132. The molecule has 25 heavy (non-hydrogen) atoms. The van der Waals surface area contributed by atoms with Crippen molar-refractivity contribution in [3.8, 4) is 5.75 Å². The van der Waals surface area contributed by atoms with E-state index in [0.717, 1.165) is 29.0 Å². The highest BCUT2D eigenvalue weighted by Crippen LogP contribution is 2.25. The molecule has 0 unspecified atom stereocenters. The molecule has 5 nitrogen and oxygen atoms in total. The molecule has 2 aromatic carbocycles. The number of nitrogens with one attached hydrogen (secondary N) is 1. The number of ether oxygens (including phenoxy) is 1. The van der Waals surface area contributed by atoms with E-state index in [-0.39, 0.29) is 11.9 Å². The van der Waals surface area contributed by atoms with Crippen molar-refractivity contribution in [1.82, 2.24) is 5.32 Å². The summed E-state index contributed by atoms with van der Waals surface area (Å²) >= 11 is 0. The topological polar surface area (TPSA) is 59.9 Å². The Labute approximate surface area is 147 Å². The van der Waals surface area contributed by atoms with E-state index in [1.54, 1.807) is 7.11 Å². The number of oxime groups is 1. The lowest BCUT2D eigenvalue weighted by Crippen LogP contribution is -2.37. The van der Waals surface area contributed by atoms with E-state index >= 15 is 0 Å². The highest BCUT2D eigenvalue weighted by atomic mass is 16.6. The molecule has 0 saturated heterocycles. The number of nitrogens with zero attached hydrogens (tertiary/aromatic N) is 1. The van der Waals surface area contributed by atoms with Crippen molar-refractivity contribution >= 4 is 11.6 Å². The summed E-state index contributed by atoms with van der Waals surface area (Å²) in [6.07, 6.45) is 0.623. The molecule has 3 rings (SSSR count). The van der Waals surface area contributed by atoms with Gasteiger partial charge in [-0.05, 0) is 24.1 Å². The van der Waals surface area contributed by atoms with Crippen LogP contribution in [0.25, 0.3) is 0 Å². The molecule has 1 N–H and O–H groups in total. The van der Waals surface area contributed by atoms with Crippen LogP contribution in [0.4, 0.5) is 0 Å². The van der Waals surface area contributed by atoms with Gasteiger partial charge in [0.05, 0.1) is 18.9 Å². The molecule has 0 aromatic heterocycles. The molecule has 1 aliphatic rings. The zero-order chi connectivity index (χ0) is 17.6. The SMILES string of the molecule is CC[C@H](NC(=O)[C@@H]1CC(c2ccccc2OC)=NO1)c1ccccc1. The van der Waals surface area contributed by atoms with Crippen LogP contribution in [0.5, 0.6) is 5.75 Å². The minimum atomic E-state index is -0.613. The molecule has 2 aromatic rings. The maximum absolute atomic E-state index is 12.6. The number of hydrogen-bond donors (Lipinski definition) is 1. The predicted octanol–water partition coefficient (Wildman–Crippen LogP) is 3.46. The van der Waals surface area contributed by atoms with E-state index < -0.39 is 6.10 Å². The fraction of sp³-hybridized carbons (Fsp3) is 0.300. The zero-order valence-electron chi connectivity index (χ0n) is 14.4. The summed E-state index contributed by atoms with van der Waals surface area (Å²) < 4.78 is 5.36. The van der Waals surface area contributed by atoms with Gasteiger partial charge in [0.1, 0.15) is 5.75 Å². The van der Waals surface area contributed by atoms with Gasteiger partial charge in [0.25, 0.3) is 5.91 Å². The van der Waals surface area contributed by atoms with Gasteiger partial charge in [0, 0.05) is 12.0 Å². The molecule has 1 aliphatic heterocycles. The van der Waals surface area contributed by atoms with E-state index in [4.69, 9.17) is 9.57 Å². The van der Waals surface area contributed by atoms with Crippen LogP contribution < -0.4 is 10.1 Å². The van der Waals surface area contributed by atoms with Crippen LogP contribution in [0.3, 0.4) is 0 Å². The number of benzene rings is 2. The number of carbonyl (C=O) groups is 1. The highest BCUT2D eigenvalue weighted by Gasteiger charge is 2.31. The highest BCUT2D eigenvalue weighted by molar-refractivity contribution is 6.05. The number of rotatable bonds is 6. The largest absolute Gasteiger partial charge is 0.496 e. The Hall–Kier alpha value is -2.82. The molecule has 0 bridgehead atoms. The van der Waals surface area contributed by atoms with Crippen LogP contribution >= 0.6 is 0 Å². The summed E-state index contributed by atoms with van der Waals surface area (Å²) in [5.74, 6) is 0.575. The first-order valence-corrected chi connectivity index (χ1v) is 8.44. The van der Waals surface area contributed by atoms with Gasteiger partial charge < -0.3 is 14.9 Å². The first-order chi connectivity index (χ1) is 12.2. The molecule has 0 saturated carbocycles. The fourth-order valence-electron chi connectivity index (χ4n) is 2.93. The molecule has 1 amide bonds. The summed E-state index contributed by atoms with van der Waals surface area (Å²) in [6.45, 7) is 2.05. The molecular formula is C20H22N2O3. The van der Waals surface area contributed by atoms with Crippen LogP contribution in [-0.4, -0.2) is 24.8 Å². The van der Waals surface area contributed by atoms with Gasteiger partial charge in [-0.2, -0.15) is 0 Å². The predicted molar refractivity (Wildman–Crippen MR) is 96.6 cm³/mol. The summed E-state index contributed by atoms with van der Waals surface area (Å²) in [5.41, 5.74) is 2.67. The Balaban J connectivity index is 1.65. The number of carbonyl (C=O) groups excluding carboxylic acids is 1. The first kappa shape index (κ1) is 17.0. The van der Waals surface area contributed by atoms with Crippen LogP contribution in [-0.2, 0) is 9.63 Å². The van der Waals surface area contributed by atoms with Crippen LogP contribution in [0.15, 0.2) is 59.8 Å². The van der Waals surface area contributed by atoms with E-state index in [1.807, 2.05) is 61.5 Å². The molecule has 2 atom stereocenters. The van der Waals surface area contributed by atoms with E-state index in [9.17, 15) is 4.79 Å². The third-order valence-corrected chi connectivity index (χ3v) is 4.31. The second-order valence-corrected chi connectivity index (χ2v) is 5.92. The molecule has 0 radical (unpaired) electrons. The summed E-state index contributed by atoms with van der Waals surface area (Å²) in [7, 11) is 1.62. The lowest BCUT2D eigenvalue weighted by atomic mass is 10.0. The van der Waals surface area contributed by atoms with Gasteiger partial charge in [-0.1, -0.05) is 54.5 Å².